The summed E-state index contributed by atoms with van der Waals surface area (Å²) in [5.74, 6) is -0.00672. The number of nitrogens with one attached hydrogen (secondary N) is 1. The molecule has 0 unspecified atom stereocenters. The highest BCUT2D eigenvalue weighted by molar-refractivity contribution is 5.94. The maximum atomic E-state index is 12.8. The first-order chi connectivity index (χ1) is 12.2. The predicted octanol–water partition coefficient (Wildman–Crippen LogP) is 4.40. The number of piperidine rings is 1. The third-order valence-electron chi connectivity index (χ3n) is 4.76. The number of carbonyl (C=O) groups is 2. The van der Waals surface area contributed by atoms with Gasteiger partial charge in [-0.05, 0) is 57.6 Å². The van der Waals surface area contributed by atoms with Gasteiger partial charge in [-0.2, -0.15) is 0 Å². The van der Waals surface area contributed by atoms with Gasteiger partial charge in [-0.15, -0.1) is 0 Å². The molecule has 0 spiro atoms. The lowest BCUT2D eigenvalue weighted by molar-refractivity contribution is -0.121. The normalized spacial score (nSPS) is 15.7. The number of anilines is 1. The molecule has 144 valence electrons. The summed E-state index contributed by atoms with van der Waals surface area (Å²) in [6, 6.07) is 6.19. The third kappa shape index (κ3) is 5.23. The topological polar surface area (TPSA) is 58.6 Å². The van der Waals surface area contributed by atoms with Crippen molar-refractivity contribution in [3.8, 4) is 0 Å². The lowest BCUT2D eigenvalue weighted by Crippen LogP contribution is -2.43. The highest BCUT2D eigenvalue weighted by Crippen LogP contribution is 2.26. The van der Waals surface area contributed by atoms with E-state index < -0.39 is 5.60 Å². The van der Waals surface area contributed by atoms with Crippen LogP contribution in [-0.2, 0) is 22.4 Å². The molecule has 1 aromatic carbocycles. The standard InChI is InChI=1S/C21H32N2O3/c1-6-15-9-8-10-16(7-2)18(15)22-19(24)17-11-13-23(14-12-17)20(25)26-21(3,4)5/h8-10,17H,6-7,11-14H2,1-5H3,(H,22,24). The van der Waals surface area contributed by atoms with Crippen LogP contribution >= 0.6 is 0 Å². The van der Waals surface area contributed by atoms with Gasteiger partial charge in [0.15, 0.2) is 0 Å². The van der Waals surface area contributed by atoms with Crippen molar-refractivity contribution in [2.24, 2.45) is 5.92 Å². The number of nitrogens with zero attached hydrogens (tertiary/aromatic N) is 1. The molecule has 0 bridgehead atoms. The average Bonchev–Trinajstić information content (AvgIpc) is 2.60. The second-order valence-corrected chi connectivity index (χ2v) is 7.89. The number of ether oxygens (including phenoxy) is 1. The average molecular weight is 360 g/mol. The van der Waals surface area contributed by atoms with Crippen molar-refractivity contribution in [3.05, 3.63) is 29.3 Å². The molecule has 1 aliphatic rings. The summed E-state index contributed by atoms with van der Waals surface area (Å²) >= 11 is 0. The second-order valence-electron chi connectivity index (χ2n) is 7.89. The van der Waals surface area contributed by atoms with Crippen molar-refractivity contribution < 1.29 is 14.3 Å². The van der Waals surface area contributed by atoms with Crippen molar-refractivity contribution >= 4 is 17.7 Å². The minimum Gasteiger partial charge on any atom is -0.444 e. The lowest BCUT2D eigenvalue weighted by atomic mass is 9.95. The Morgan fingerprint density at radius 1 is 1.12 bits per heavy atom. The van der Waals surface area contributed by atoms with Crippen LogP contribution in [-0.4, -0.2) is 35.6 Å². The number of likely N-dealkylation sites (tertiary alicyclic amines) is 1. The predicted molar refractivity (Wildman–Crippen MR) is 104 cm³/mol. The molecule has 1 N–H and O–H groups in total. The fourth-order valence-corrected chi connectivity index (χ4v) is 3.28. The Morgan fingerprint density at radius 2 is 1.65 bits per heavy atom. The van der Waals surface area contributed by atoms with E-state index in [2.05, 4.69) is 31.3 Å². The Morgan fingerprint density at radius 3 is 2.12 bits per heavy atom. The Kier molecular flexibility index (Phi) is 6.68. The summed E-state index contributed by atoms with van der Waals surface area (Å²) < 4.78 is 5.42. The second kappa shape index (κ2) is 8.56. The van der Waals surface area contributed by atoms with Gasteiger partial charge in [0.1, 0.15) is 5.60 Å². The molecule has 0 saturated carbocycles. The number of hydrogen-bond donors (Lipinski definition) is 1. The first-order valence-electron chi connectivity index (χ1n) is 9.64. The molecule has 5 nitrogen and oxygen atoms in total. The van der Waals surface area contributed by atoms with Gasteiger partial charge in [-0.3, -0.25) is 4.79 Å². The van der Waals surface area contributed by atoms with Crippen molar-refractivity contribution in [2.75, 3.05) is 18.4 Å². The number of rotatable bonds is 4. The monoisotopic (exact) mass is 360 g/mol. The third-order valence-corrected chi connectivity index (χ3v) is 4.76. The number of carbonyl (C=O) groups excluding carboxylic acids is 2. The van der Waals surface area contributed by atoms with Crippen LogP contribution in [0.3, 0.4) is 0 Å². The Labute approximate surface area is 157 Å². The van der Waals surface area contributed by atoms with Gasteiger partial charge in [0.25, 0.3) is 0 Å². The molecule has 1 aromatic rings. The van der Waals surface area contributed by atoms with Crippen LogP contribution < -0.4 is 5.32 Å². The zero-order valence-electron chi connectivity index (χ0n) is 16.7. The Bertz CT molecular complexity index is 619. The highest BCUT2D eigenvalue weighted by atomic mass is 16.6. The van der Waals surface area contributed by atoms with E-state index in [1.165, 1.54) is 11.1 Å². The number of aryl methyl sites for hydroxylation is 2. The number of benzene rings is 1. The van der Waals surface area contributed by atoms with E-state index in [0.717, 1.165) is 18.5 Å². The van der Waals surface area contributed by atoms with E-state index in [1.54, 1.807) is 4.90 Å². The first-order valence-corrected chi connectivity index (χ1v) is 9.64. The van der Waals surface area contributed by atoms with E-state index in [1.807, 2.05) is 26.8 Å². The molecular formula is C21H32N2O3. The lowest BCUT2D eigenvalue weighted by Gasteiger charge is -2.33. The molecule has 1 aliphatic heterocycles. The molecule has 1 saturated heterocycles. The van der Waals surface area contributed by atoms with Crippen LogP contribution in [0.1, 0.15) is 58.6 Å². The number of hydrogen-bond acceptors (Lipinski definition) is 3. The molecule has 5 heteroatoms. The van der Waals surface area contributed by atoms with Gasteiger partial charge < -0.3 is 15.0 Å². The van der Waals surface area contributed by atoms with Crippen molar-refractivity contribution in [2.45, 2.75) is 65.9 Å². The zero-order chi connectivity index (χ0) is 19.3. The molecule has 26 heavy (non-hydrogen) atoms. The van der Waals surface area contributed by atoms with Crippen molar-refractivity contribution in [3.63, 3.8) is 0 Å². The van der Waals surface area contributed by atoms with E-state index in [9.17, 15) is 9.59 Å². The minimum atomic E-state index is -0.494. The van der Waals surface area contributed by atoms with Crippen LogP contribution in [0, 0.1) is 5.92 Å². The van der Waals surface area contributed by atoms with Gasteiger partial charge in [0.05, 0.1) is 0 Å². The van der Waals surface area contributed by atoms with Crippen LogP contribution in [0.5, 0.6) is 0 Å². The SMILES string of the molecule is CCc1cccc(CC)c1NC(=O)C1CCN(C(=O)OC(C)(C)C)CC1. The number of para-hydroxylation sites is 1. The van der Waals surface area contributed by atoms with Crippen LogP contribution in [0.4, 0.5) is 10.5 Å². The summed E-state index contributed by atoms with van der Waals surface area (Å²) in [6.45, 7) is 10.9. The summed E-state index contributed by atoms with van der Waals surface area (Å²) in [5, 5.41) is 3.16. The van der Waals surface area contributed by atoms with Gasteiger partial charge in [0, 0.05) is 24.7 Å². The molecule has 1 fully saturated rings. The van der Waals surface area contributed by atoms with Crippen molar-refractivity contribution in [1.29, 1.82) is 0 Å². The quantitative estimate of drug-likeness (QED) is 0.866. The van der Waals surface area contributed by atoms with E-state index in [-0.39, 0.29) is 17.9 Å². The van der Waals surface area contributed by atoms with E-state index in [4.69, 9.17) is 4.74 Å². The largest absolute Gasteiger partial charge is 0.444 e. The molecule has 1 heterocycles. The van der Waals surface area contributed by atoms with Crippen LogP contribution in [0.25, 0.3) is 0 Å². The summed E-state index contributed by atoms with van der Waals surface area (Å²) in [5.41, 5.74) is 2.82. The van der Waals surface area contributed by atoms with Gasteiger partial charge in [-0.1, -0.05) is 32.0 Å². The molecule has 2 rings (SSSR count). The summed E-state index contributed by atoms with van der Waals surface area (Å²) in [6.07, 6.45) is 2.82. The number of amides is 2. The van der Waals surface area contributed by atoms with E-state index in [0.29, 0.717) is 25.9 Å². The minimum absolute atomic E-state index is 0.0597. The van der Waals surface area contributed by atoms with E-state index >= 15 is 0 Å². The summed E-state index contributed by atoms with van der Waals surface area (Å²) in [4.78, 5) is 26.6. The maximum Gasteiger partial charge on any atom is 0.410 e. The molecule has 0 radical (unpaired) electrons. The Balaban J connectivity index is 1.96. The van der Waals surface area contributed by atoms with Gasteiger partial charge >= 0.3 is 6.09 Å². The van der Waals surface area contributed by atoms with Crippen LogP contribution in [0.15, 0.2) is 18.2 Å². The fourth-order valence-electron chi connectivity index (χ4n) is 3.28. The van der Waals surface area contributed by atoms with Gasteiger partial charge in [0.2, 0.25) is 5.91 Å². The zero-order valence-corrected chi connectivity index (χ0v) is 16.7. The smallest absolute Gasteiger partial charge is 0.410 e. The molecule has 0 atom stereocenters. The molecule has 0 aliphatic carbocycles. The molecule has 0 aromatic heterocycles. The Hall–Kier alpha value is -2.04. The highest BCUT2D eigenvalue weighted by Gasteiger charge is 2.30. The molecular weight excluding hydrogens is 328 g/mol. The fraction of sp³-hybridized carbons (Fsp3) is 0.619. The molecule has 2 amide bonds. The maximum absolute atomic E-state index is 12.8. The first kappa shape index (κ1) is 20.3. The summed E-state index contributed by atoms with van der Waals surface area (Å²) in [7, 11) is 0. The van der Waals surface area contributed by atoms with Crippen molar-refractivity contribution in [1.82, 2.24) is 4.90 Å². The van der Waals surface area contributed by atoms with Crippen LogP contribution in [0.2, 0.25) is 0 Å². The van der Waals surface area contributed by atoms with Gasteiger partial charge in [-0.25, -0.2) is 4.79 Å².